The van der Waals surface area contributed by atoms with Crippen molar-refractivity contribution in [3.63, 3.8) is 0 Å². The number of carboxylic acid groups (broad SMARTS) is 1. The maximum Gasteiger partial charge on any atom is 0.416 e. The smallest absolute Gasteiger partial charge is 0.416 e. The summed E-state index contributed by atoms with van der Waals surface area (Å²) in [6.07, 6.45) is 0.731. The van der Waals surface area contributed by atoms with Crippen molar-refractivity contribution in [1.29, 1.82) is 5.26 Å². The van der Waals surface area contributed by atoms with Crippen molar-refractivity contribution in [3.05, 3.63) is 58.7 Å². The lowest BCUT2D eigenvalue weighted by Gasteiger charge is -2.40. The van der Waals surface area contributed by atoms with Crippen LogP contribution in [0, 0.1) is 11.3 Å². The Balaban J connectivity index is 1.62. The quantitative estimate of drug-likeness (QED) is 0.332. The Morgan fingerprint density at radius 2 is 1.83 bits per heavy atom. The van der Waals surface area contributed by atoms with E-state index in [2.05, 4.69) is 15.9 Å². The van der Waals surface area contributed by atoms with E-state index >= 15 is 0 Å². The molecule has 1 N–H and O–H groups in total. The van der Waals surface area contributed by atoms with Crippen LogP contribution in [0.4, 0.5) is 13.2 Å². The molecule has 10 heteroatoms. The summed E-state index contributed by atoms with van der Waals surface area (Å²) in [6, 6.07) is 10.4. The minimum atomic E-state index is -4.57. The number of carbonyl (C=O) groups is 1. The number of carboxylic acids is 1. The molecule has 42 heavy (non-hydrogen) atoms. The van der Waals surface area contributed by atoms with Gasteiger partial charge in [0.15, 0.2) is 0 Å². The average molecular weight is 581 g/mol. The molecule has 3 heterocycles. The molecule has 0 bridgehead atoms. The number of hydrogen-bond donors (Lipinski definition) is 1. The lowest BCUT2D eigenvalue weighted by molar-refractivity contribution is -0.137. The Morgan fingerprint density at radius 1 is 1.12 bits per heavy atom. The highest BCUT2D eigenvalue weighted by Gasteiger charge is 2.32. The molecule has 5 rings (SSSR count). The minimum Gasteiger partial charge on any atom is -0.490 e. The van der Waals surface area contributed by atoms with Crippen molar-refractivity contribution in [1.82, 2.24) is 14.8 Å². The molecule has 2 aliphatic rings. The molecule has 0 amide bonds. The number of piperidine rings is 2. The number of rotatable bonds is 7. The SMILES string of the molecule is CC(C)Oc1cc2nc(-c3cccc(C(F)(F)F)c3)c(CN3CCC(N4CCCCC4)CC3)c(C(=O)O)c2cc1C#N. The van der Waals surface area contributed by atoms with Gasteiger partial charge in [-0.25, -0.2) is 9.78 Å². The second-order valence-electron chi connectivity index (χ2n) is 11.4. The number of nitrogens with zero attached hydrogens (tertiary/aromatic N) is 4. The van der Waals surface area contributed by atoms with Crippen molar-refractivity contribution < 1.29 is 27.8 Å². The van der Waals surface area contributed by atoms with Crippen molar-refractivity contribution in [2.45, 2.75) is 70.8 Å². The fourth-order valence-electron chi connectivity index (χ4n) is 6.20. The Hall–Kier alpha value is -3.68. The largest absolute Gasteiger partial charge is 0.490 e. The van der Waals surface area contributed by atoms with Crippen molar-refractivity contribution in [2.24, 2.45) is 0 Å². The fourth-order valence-corrected chi connectivity index (χ4v) is 6.20. The number of nitriles is 1. The first kappa shape index (κ1) is 29.8. The molecule has 2 saturated heterocycles. The van der Waals surface area contributed by atoms with Gasteiger partial charge in [0, 0.05) is 35.2 Å². The Labute approximate surface area is 243 Å². The molecule has 2 fully saturated rings. The Bertz CT molecular complexity index is 1500. The highest BCUT2D eigenvalue weighted by molar-refractivity contribution is 6.06. The summed E-state index contributed by atoms with van der Waals surface area (Å²) in [5, 5.41) is 20.6. The summed E-state index contributed by atoms with van der Waals surface area (Å²) in [4.78, 5) is 22.3. The zero-order valence-corrected chi connectivity index (χ0v) is 23.9. The van der Waals surface area contributed by atoms with Gasteiger partial charge < -0.3 is 14.7 Å². The molecule has 222 valence electrons. The minimum absolute atomic E-state index is 0.0573. The molecular weight excluding hydrogens is 545 g/mol. The first-order valence-electron chi connectivity index (χ1n) is 14.5. The number of likely N-dealkylation sites (tertiary alicyclic amines) is 2. The van der Waals surface area contributed by atoms with Crippen LogP contribution in [0.5, 0.6) is 5.75 Å². The van der Waals surface area contributed by atoms with Crippen LogP contribution in [-0.4, -0.2) is 64.2 Å². The molecule has 0 aliphatic carbocycles. The van der Waals surface area contributed by atoms with Crippen molar-refractivity contribution >= 4 is 16.9 Å². The number of ether oxygens (including phenoxy) is 1. The van der Waals surface area contributed by atoms with Crippen LogP contribution in [0.25, 0.3) is 22.2 Å². The summed E-state index contributed by atoms with van der Waals surface area (Å²) in [6.45, 7) is 7.50. The molecule has 0 unspecified atom stereocenters. The maximum atomic E-state index is 13.7. The van der Waals surface area contributed by atoms with Crippen LogP contribution < -0.4 is 4.74 Å². The lowest BCUT2D eigenvalue weighted by atomic mass is 9.93. The number of benzene rings is 2. The predicted molar refractivity (Wildman–Crippen MR) is 153 cm³/mol. The van der Waals surface area contributed by atoms with Crippen LogP contribution in [0.3, 0.4) is 0 Å². The van der Waals surface area contributed by atoms with Crippen LogP contribution in [-0.2, 0) is 12.7 Å². The van der Waals surface area contributed by atoms with Gasteiger partial charge >= 0.3 is 12.1 Å². The van der Waals surface area contributed by atoms with E-state index in [0.29, 0.717) is 11.6 Å². The lowest BCUT2D eigenvalue weighted by Crippen LogP contribution is -2.46. The van der Waals surface area contributed by atoms with E-state index in [-0.39, 0.29) is 51.7 Å². The highest BCUT2D eigenvalue weighted by Crippen LogP contribution is 2.38. The van der Waals surface area contributed by atoms with E-state index in [9.17, 15) is 28.3 Å². The van der Waals surface area contributed by atoms with Gasteiger partial charge in [0.2, 0.25) is 0 Å². The van der Waals surface area contributed by atoms with Gasteiger partial charge in [0.05, 0.1) is 34.0 Å². The second-order valence-corrected chi connectivity index (χ2v) is 11.4. The zero-order chi connectivity index (χ0) is 30.0. The monoisotopic (exact) mass is 580 g/mol. The van der Waals surface area contributed by atoms with Crippen LogP contribution >= 0.6 is 0 Å². The maximum absolute atomic E-state index is 13.7. The molecule has 3 aromatic rings. The summed E-state index contributed by atoms with van der Waals surface area (Å²) in [7, 11) is 0. The third-order valence-electron chi connectivity index (χ3n) is 8.19. The molecule has 0 radical (unpaired) electrons. The van der Waals surface area contributed by atoms with E-state index in [0.717, 1.165) is 51.2 Å². The van der Waals surface area contributed by atoms with Crippen LogP contribution in [0.1, 0.15) is 73.0 Å². The fraction of sp³-hybridized carbons (Fsp3) is 0.469. The van der Waals surface area contributed by atoms with E-state index in [1.54, 1.807) is 13.8 Å². The van der Waals surface area contributed by atoms with Gasteiger partial charge in [-0.2, -0.15) is 18.4 Å². The number of hydrogen-bond acceptors (Lipinski definition) is 6. The summed E-state index contributed by atoms with van der Waals surface area (Å²) >= 11 is 0. The van der Waals surface area contributed by atoms with E-state index < -0.39 is 17.7 Å². The molecule has 2 aromatic carbocycles. The van der Waals surface area contributed by atoms with Gasteiger partial charge in [0.25, 0.3) is 0 Å². The predicted octanol–water partition coefficient (Wildman–Crippen LogP) is 6.73. The zero-order valence-electron chi connectivity index (χ0n) is 23.9. The number of aromatic nitrogens is 1. The summed E-state index contributed by atoms with van der Waals surface area (Å²) in [5.41, 5.74) is 0.219. The standard InChI is InChI=1S/C32H35F3N4O3/c1-20(2)42-28-17-27-25(16-22(28)18-36)29(31(40)41)26(30(37-27)21-7-6-8-23(15-21)32(33,34)35)19-38-13-9-24(10-14-38)39-11-4-3-5-12-39/h6-8,15-17,20,24H,3-5,9-14,19H2,1-2H3,(H,40,41). The number of alkyl halides is 3. The number of aromatic carboxylic acids is 1. The summed E-state index contributed by atoms with van der Waals surface area (Å²) in [5.74, 6) is -0.985. The molecule has 1 aromatic heterocycles. The van der Waals surface area contributed by atoms with Gasteiger partial charge in [-0.15, -0.1) is 0 Å². The molecule has 2 aliphatic heterocycles. The average Bonchev–Trinajstić information content (AvgIpc) is 2.96. The third-order valence-corrected chi connectivity index (χ3v) is 8.19. The van der Waals surface area contributed by atoms with Crippen LogP contribution in [0.2, 0.25) is 0 Å². The molecule has 0 spiro atoms. The van der Waals surface area contributed by atoms with Crippen molar-refractivity contribution in [3.8, 4) is 23.1 Å². The van der Waals surface area contributed by atoms with Crippen molar-refractivity contribution in [2.75, 3.05) is 26.2 Å². The highest BCUT2D eigenvalue weighted by atomic mass is 19.4. The second kappa shape index (κ2) is 12.3. The third kappa shape index (κ3) is 6.37. The van der Waals surface area contributed by atoms with Gasteiger partial charge in [-0.05, 0) is 83.9 Å². The van der Waals surface area contributed by atoms with Gasteiger partial charge in [0.1, 0.15) is 11.8 Å². The Morgan fingerprint density at radius 3 is 2.45 bits per heavy atom. The molecular formula is C32H35F3N4O3. The van der Waals surface area contributed by atoms with E-state index in [1.807, 2.05) is 0 Å². The number of fused-ring (bicyclic) bond motifs is 1. The first-order chi connectivity index (χ1) is 20.0. The number of pyridine rings is 1. The van der Waals surface area contributed by atoms with E-state index in [4.69, 9.17) is 9.72 Å². The molecule has 7 nitrogen and oxygen atoms in total. The topological polar surface area (TPSA) is 89.7 Å². The van der Waals surface area contributed by atoms with Gasteiger partial charge in [-0.3, -0.25) is 4.90 Å². The van der Waals surface area contributed by atoms with E-state index in [1.165, 1.54) is 43.5 Å². The summed E-state index contributed by atoms with van der Waals surface area (Å²) < 4.78 is 46.9. The first-order valence-corrected chi connectivity index (χ1v) is 14.5. The normalized spacial score (nSPS) is 17.5. The number of halogens is 3. The Kier molecular flexibility index (Phi) is 8.71. The molecule has 0 saturated carbocycles. The molecule has 0 atom stereocenters. The van der Waals surface area contributed by atoms with Gasteiger partial charge in [-0.1, -0.05) is 18.6 Å². The van der Waals surface area contributed by atoms with Crippen LogP contribution in [0.15, 0.2) is 36.4 Å².